The van der Waals surface area contributed by atoms with Gasteiger partial charge in [-0.05, 0) is 54.3 Å². The Balaban J connectivity index is 1.49. The standard InChI is InChI=1S/C26H20ClN3O3/c1-25(13-31-14-25)8-7-19-11-21-23(12-29-19)33-22-6-5-17(16-3-2-4-18(27)9-16)10-20(22)26(21)15-32-24(28)30-26/h2-6,9-12H,13-15H2,1H3,(H2,28,30)/t26-/m0/s1. The Kier molecular flexibility index (Phi) is 4.41. The quantitative estimate of drug-likeness (QED) is 0.545. The predicted octanol–water partition coefficient (Wildman–Crippen LogP) is 4.48. The number of aromatic nitrogens is 1. The minimum absolute atomic E-state index is 0.136. The van der Waals surface area contributed by atoms with Crippen molar-refractivity contribution in [1.82, 2.24) is 4.98 Å². The summed E-state index contributed by atoms with van der Waals surface area (Å²) in [7, 11) is 0. The number of fused-ring (bicyclic) bond motifs is 4. The first kappa shape index (κ1) is 20.1. The molecule has 3 aliphatic rings. The molecule has 2 N–H and O–H groups in total. The molecule has 0 amide bonds. The minimum atomic E-state index is -0.843. The van der Waals surface area contributed by atoms with E-state index < -0.39 is 5.54 Å². The molecule has 0 bridgehead atoms. The zero-order chi connectivity index (χ0) is 22.6. The van der Waals surface area contributed by atoms with E-state index in [9.17, 15) is 0 Å². The molecular weight excluding hydrogens is 438 g/mol. The van der Waals surface area contributed by atoms with E-state index in [0.717, 1.165) is 22.3 Å². The zero-order valence-corrected chi connectivity index (χ0v) is 18.6. The summed E-state index contributed by atoms with van der Waals surface area (Å²) in [5.74, 6) is 7.77. The predicted molar refractivity (Wildman–Crippen MR) is 125 cm³/mol. The van der Waals surface area contributed by atoms with Gasteiger partial charge in [-0.3, -0.25) is 0 Å². The zero-order valence-electron chi connectivity index (χ0n) is 17.9. The van der Waals surface area contributed by atoms with E-state index in [0.29, 0.717) is 35.4 Å². The van der Waals surface area contributed by atoms with Crippen LogP contribution < -0.4 is 10.5 Å². The summed E-state index contributed by atoms with van der Waals surface area (Å²) in [6.07, 6.45) is 1.69. The second-order valence-electron chi connectivity index (χ2n) is 8.79. The molecule has 4 heterocycles. The highest BCUT2D eigenvalue weighted by molar-refractivity contribution is 6.30. The Morgan fingerprint density at radius 2 is 1.82 bits per heavy atom. The lowest BCUT2D eigenvalue weighted by molar-refractivity contribution is -0.0648. The molecule has 0 radical (unpaired) electrons. The summed E-state index contributed by atoms with van der Waals surface area (Å²) in [6.45, 7) is 3.61. The summed E-state index contributed by atoms with van der Waals surface area (Å²) < 4.78 is 17.2. The number of hydrogen-bond acceptors (Lipinski definition) is 6. The number of nitrogens with two attached hydrogens (primary N) is 1. The highest BCUT2D eigenvalue weighted by atomic mass is 35.5. The minimum Gasteiger partial charge on any atom is -0.462 e. The van der Waals surface area contributed by atoms with Crippen LogP contribution in [-0.2, 0) is 15.0 Å². The molecule has 1 atom stereocenters. The van der Waals surface area contributed by atoms with Gasteiger partial charge in [0, 0.05) is 16.1 Å². The summed E-state index contributed by atoms with van der Waals surface area (Å²) in [4.78, 5) is 9.26. The molecule has 1 spiro atoms. The maximum Gasteiger partial charge on any atom is 0.283 e. The van der Waals surface area contributed by atoms with Crippen LogP contribution >= 0.6 is 11.6 Å². The third-order valence-electron chi connectivity index (χ3n) is 6.18. The Hall–Kier alpha value is -3.53. The Bertz CT molecular complexity index is 1390. The van der Waals surface area contributed by atoms with Crippen molar-refractivity contribution in [2.24, 2.45) is 16.1 Å². The average Bonchev–Trinajstić information content (AvgIpc) is 3.19. The van der Waals surface area contributed by atoms with Crippen molar-refractivity contribution in [1.29, 1.82) is 0 Å². The third kappa shape index (κ3) is 3.32. The lowest BCUT2D eigenvalue weighted by Gasteiger charge is -2.33. The van der Waals surface area contributed by atoms with Crippen LogP contribution in [0.25, 0.3) is 11.1 Å². The van der Waals surface area contributed by atoms with Crippen LogP contribution in [0.3, 0.4) is 0 Å². The fourth-order valence-corrected chi connectivity index (χ4v) is 4.56. The molecule has 164 valence electrons. The summed E-state index contributed by atoms with van der Waals surface area (Å²) in [5.41, 5.74) is 9.37. The number of rotatable bonds is 1. The van der Waals surface area contributed by atoms with Gasteiger partial charge in [-0.1, -0.05) is 35.7 Å². The number of halogens is 1. The third-order valence-corrected chi connectivity index (χ3v) is 6.41. The molecule has 1 fully saturated rings. The monoisotopic (exact) mass is 457 g/mol. The maximum atomic E-state index is 6.23. The number of amidine groups is 1. The van der Waals surface area contributed by atoms with Gasteiger partial charge in [0.05, 0.1) is 24.8 Å². The molecule has 1 aromatic heterocycles. The van der Waals surface area contributed by atoms with Crippen molar-refractivity contribution in [2.75, 3.05) is 19.8 Å². The van der Waals surface area contributed by atoms with Crippen LogP contribution in [0.1, 0.15) is 23.7 Å². The molecule has 7 heteroatoms. The fourth-order valence-electron chi connectivity index (χ4n) is 4.37. The lowest BCUT2D eigenvalue weighted by atomic mass is 9.80. The number of ether oxygens (including phenoxy) is 3. The van der Waals surface area contributed by atoms with Gasteiger partial charge in [0.2, 0.25) is 0 Å². The fraction of sp³-hybridized carbons (Fsp3) is 0.231. The second-order valence-corrected chi connectivity index (χ2v) is 9.23. The van der Waals surface area contributed by atoms with Crippen molar-refractivity contribution >= 4 is 17.6 Å². The molecule has 1 saturated heterocycles. The molecule has 33 heavy (non-hydrogen) atoms. The Morgan fingerprint density at radius 3 is 2.55 bits per heavy atom. The number of benzene rings is 2. The van der Waals surface area contributed by atoms with Gasteiger partial charge < -0.3 is 19.9 Å². The molecule has 0 unspecified atom stereocenters. The van der Waals surface area contributed by atoms with E-state index in [1.54, 1.807) is 6.20 Å². The highest BCUT2D eigenvalue weighted by Crippen LogP contribution is 2.51. The van der Waals surface area contributed by atoms with Gasteiger partial charge in [0.15, 0.2) is 11.3 Å². The van der Waals surface area contributed by atoms with Crippen molar-refractivity contribution in [2.45, 2.75) is 12.5 Å². The lowest BCUT2D eigenvalue weighted by Crippen LogP contribution is -2.38. The normalized spacial score (nSPS) is 21.5. The summed E-state index contributed by atoms with van der Waals surface area (Å²) in [5, 5.41) is 0.674. The number of hydrogen-bond donors (Lipinski definition) is 1. The first-order chi connectivity index (χ1) is 15.9. The van der Waals surface area contributed by atoms with Crippen molar-refractivity contribution in [3.63, 3.8) is 0 Å². The highest BCUT2D eigenvalue weighted by Gasteiger charge is 2.47. The molecule has 0 aliphatic carbocycles. The topological polar surface area (TPSA) is 79.0 Å². The average molecular weight is 458 g/mol. The summed E-state index contributed by atoms with van der Waals surface area (Å²) in [6, 6.07) is 15.8. The van der Waals surface area contributed by atoms with Gasteiger partial charge in [0.1, 0.15) is 18.1 Å². The Morgan fingerprint density at radius 1 is 1.00 bits per heavy atom. The summed E-state index contributed by atoms with van der Waals surface area (Å²) >= 11 is 6.23. The molecule has 2 aromatic carbocycles. The van der Waals surface area contributed by atoms with E-state index >= 15 is 0 Å². The van der Waals surface area contributed by atoms with Crippen LogP contribution in [0.4, 0.5) is 0 Å². The Labute approximate surface area is 196 Å². The molecule has 6 nitrogen and oxygen atoms in total. The van der Waals surface area contributed by atoms with Gasteiger partial charge in [-0.2, -0.15) is 0 Å². The van der Waals surface area contributed by atoms with Crippen molar-refractivity contribution < 1.29 is 14.2 Å². The van der Waals surface area contributed by atoms with Crippen molar-refractivity contribution in [3.05, 3.63) is 76.6 Å². The first-order valence-electron chi connectivity index (χ1n) is 10.6. The SMILES string of the molecule is CC1(C#Cc2cc3c(cn2)Oc2ccc(-c4cccc(Cl)c4)cc2[C@@]32COC(N)=N2)COC1. The first-order valence-corrected chi connectivity index (χ1v) is 11.0. The van der Waals surface area contributed by atoms with E-state index in [1.165, 1.54) is 0 Å². The van der Waals surface area contributed by atoms with E-state index in [2.05, 4.69) is 29.8 Å². The molecular formula is C26H20ClN3O3. The van der Waals surface area contributed by atoms with E-state index in [1.807, 2.05) is 42.5 Å². The van der Waals surface area contributed by atoms with Gasteiger partial charge in [-0.25, -0.2) is 9.98 Å². The van der Waals surface area contributed by atoms with Crippen LogP contribution in [0, 0.1) is 17.3 Å². The number of nitrogens with zero attached hydrogens (tertiary/aromatic N) is 2. The molecule has 3 aliphatic heterocycles. The molecule has 0 saturated carbocycles. The molecule has 3 aromatic rings. The van der Waals surface area contributed by atoms with Crippen LogP contribution in [0.2, 0.25) is 5.02 Å². The number of aliphatic imine (C=N–C) groups is 1. The van der Waals surface area contributed by atoms with Gasteiger partial charge >= 0.3 is 0 Å². The van der Waals surface area contributed by atoms with Crippen LogP contribution in [-0.4, -0.2) is 30.8 Å². The van der Waals surface area contributed by atoms with Gasteiger partial charge in [-0.15, -0.1) is 0 Å². The van der Waals surface area contributed by atoms with E-state index in [4.69, 9.17) is 36.5 Å². The second kappa shape index (κ2) is 7.24. The van der Waals surface area contributed by atoms with Gasteiger partial charge in [0.25, 0.3) is 6.02 Å². The number of pyridine rings is 1. The smallest absolute Gasteiger partial charge is 0.283 e. The maximum absolute atomic E-state index is 6.23. The van der Waals surface area contributed by atoms with Crippen molar-refractivity contribution in [3.8, 4) is 34.5 Å². The largest absolute Gasteiger partial charge is 0.462 e. The van der Waals surface area contributed by atoms with E-state index in [-0.39, 0.29) is 18.0 Å². The van der Waals surface area contributed by atoms with Crippen LogP contribution in [0.5, 0.6) is 11.5 Å². The molecule has 6 rings (SSSR count). The van der Waals surface area contributed by atoms with Crippen LogP contribution in [0.15, 0.2) is 59.7 Å².